The molecule has 20 heavy (non-hydrogen) atoms. The molecule has 102 valence electrons. The molecule has 6 heteroatoms. The highest BCUT2D eigenvalue weighted by atomic mass is 16.2. The van der Waals surface area contributed by atoms with E-state index in [2.05, 4.69) is 10.3 Å². The Hall–Kier alpha value is -2.63. The van der Waals surface area contributed by atoms with Crippen molar-refractivity contribution in [1.82, 2.24) is 9.88 Å². The molecule has 1 aliphatic rings. The third kappa shape index (κ3) is 1.85. The fourth-order valence-electron chi connectivity index (χ4n) is 2.38. The number of rotatable bonds is 2. The van der Waals surface area contributed by atoms with Gasteiger partial charge in [-0.2, -0.15) is 0 Å². The summed E-state index contributed by atoms with van der Waals surface area (Å²) in [5.74, 6) is -0.394. The molecule has 1 aliphatic heterocycles. The summed E-state index contributed by atoms with van der Waals surface area (Å²) in [6, 6.07) is 6.70. The molecular formula is C14H14N4O2. The quantitative estimate of drug-likeness (QED) is 0.627. The van der Waals surface area contributed by atoms with Crippen molar-refractivity contribution < 1.29 is 9.59 Å². The first-order valence-electron chi connectivity index (χ1n) is 6.28. The van der Waals surface area contributed by atoms with Gasteiger partial charge in [0, 0.05) is 24.3 Å². The van der Waals surface area contributed by atoms with Gasteiger partial charge in [0.15, 0.2) is 0 Å². The standard InChI is InChI=1S/C14H14N4O2/c1-18-12(19)7-11(14(18)20)17-10-5-4-9(15)13-8(10)3-2-6-16-13/h2-6,11,17H,7,15H2,1H3. The summed E-state index contributed by atoms with van der Waals surface area (Å²) < 4.78 is 0. The minimum Gasteiger partial charge on any atom is -0.397 e. The van der Waals surface area contributed by atoms with Gasteiger partial charge in [-0.3, -0.25) is 19.5 Å². The summed E-state index contributed by atoms with van der Waals surface area (Å²) in [4.78, 5) is 28.8. The van der Waals surface area contributed by atoms with Crippen LogP contribution >= 0.6 is 0 Å². The average molecular weight is 270 g/mol. The second-order valence-corrected chi connectivity index (χ2v) is 4.79. The minimum atomic E-state index is -0.528. The number of likely N-dealkylation sites (N-methyl/N-ethyl adjacent to an activating group) is 1. The first kappa shape index (κ1) is 12.4. The Bertz CT molecular complexity index is 713. The minimum absolute atomic E-state index is 0.168. The lowest BCUT2D eigenvalue weighted by Crippen LogP contribution is -2.31. The van der Waals surface area contributed by atoms with Gasteiger partial charge >= 0.3 is 0 Å². The maximum absolute atomic E-state index is 11.9. The van der Waals surface area contributed by atoms with Crippen LogP contribution in [0.25, 0.3) is 10.9 Å². The number of nitrogen functional groups attached to an aromatic ring is 1. The molecule has 1 saturated heterocycles. The number of nitrogens with two attached hydrogens (primary N) is 1. The first-order valence-corrected chi connectivity index (χ1v) is 6.28. The second kappa shape index (κ2) is 4.48. The van der Waals surface area contributed by atoms with Crippen LogP contribution in [0.2, 0.25) is 0 Å². The van der Waals surface area contributed by atoms with Crippen LogP contribution in [0, 0.1) is 0 Å². The summed E-state index contributed by atoms with van der Waals surface area (Å²) >= 11 is 0. The highest BCUT2D eigenvalue weighted by molar-refractivity contribution is 6.07. The van der Waals surface area contributed by atoms with Gasteiger partial charge in [0.25, 0.3) is 5.91 Å². The summed E-state index contributed by atoms with van der Waals surface area (Å²) in [7, 11) is 1.50. The average Bonchev–Trinajstić information content (AvgIpc) is 2.70. The number of aromatic nitrogens is 1. The third-order valence-corrected chi connectivity index (χ3v) is 3.51. The van der Waals surface area contributed by atoms with Crippen LogP contribution in [0.15, 0.2) is 30.5 Å². The van der Waals surface area contributed by atoms with Crippen LogP contribution in [-0.4, -0.2) is 34.8 Å². The van der Waals surface area contributed by atoms with Crippen molar-refractivity contribution in [2.45, 2.75) is 12.5 Å². The molecule has 3 rings (SSSR count). The number of fused-ring (bicyclic) bond motifs is 1. The Kier molecular flexibility index (Phi) is 2.78. The Morgan fingerprint density at radius 2 is 2.15 bits per heavy atom. The maximum Gasteiger partial charge on any atom is 0.251 e. The van der Waals surface area contributed by atoms with Gasteiger partial charge in [-0.25, -0.2) is 0 Å². The van der Waals surface area contributed by atoms with E-state index in [4.69, 9.17) is 5.73 Å². The van der Waals surface area contributed by atoms with Crippen LogP contribution in [0.5, 0.6) is 0 Å². The van der Waals surface area contributed by atoms with Crippen LogP contribution < -0.4 is 11.1 Å². The molecule has 2 aromatic rings. The number of pyridine rings is 1. The predicted molar refractivity (Wildman–Crippen MR) is 76.0 cm³/mol. The fraction of sp³-hybridized carbons (Fsp3) is 0.214. The van der Waals surface area contributed by atoms with Crippen molar-refractivity contribution in [3.63, 3.8) is 0 Å². The smallest absolute Gasteiger partial charge is 0.251 e. The molecule has 0 radical (unpaired) electrons. The molecule has 1 unspecified atom stereocenters. The normalized spacial score (nSPS) is 18.9. The van der Waals surface area contributed by atoms with Crippen molar-refractivity contribution in [1.29, 1.82) is 0 Å². The molecule has 1 aromatic heterocycles. The fourth-order valence-corrected chi connectivity index (χ4v) is 2.38. The Labute approximate surface area is 115 Å². The number of benzene rings is 1. The SMILES string of the molecule is CN1C(=O)CC(Nc2ccc(N)c3ncccc23)C1=O. The first-order chi connectivity index (χ1) is 9.58. The van der Waals surface area contributed by atoms with E-state index < -0.39 is 6.04 Å². The van der Waals surface area contributed by atoms with E-state index in [0.717, 1.165) is 16.0 Å². The third-order valence-electron chi connectivity index (χ3n) is 3.51. The lowest BCUT2D eigenvalue weighted by molar-refractivity contribution is -0.136. The number of hydrogen-bond acceptors (Lipinski definition) is 5. The van der Waals surface area contributed by atoms with Crippen LogP contribution in [-0.2, 0) is 9.59 Å². The number of hydrogen-bond donors (Lipinski definition) is 2. The molecule has 6 nitrogen and oxygen atoms in total. The number of anilines is 2. The number of nitrogens with one attached hydrogen (secondary N) is 1. The summed E-state index contributed by atoms with van der Waals surface area (Å²) in [6.45, 7) is 0. The van der Waals surface area contributed by atoms with Crippen molar-refractivity contribution in [3.8, 4) is 0 Å². The van der Waals surface area contributed by atoms with Gasteiger partial charge in [0.1, 0.15) is 6.04 Å². The molecule has 0 spiro atoms. The lowest BCUT2D eigenvalue weighted by Gasteiger charge is -2.15. The molecule has 1 fully saturated rings. The van der Waals surface area contributed by atoms with E-state index in [-0.39, 0.29) is 18.2 Å². The van der Waals surface area contributed by atoms with E-state index in [1.54, 1.807) is 24.4 Å². The Balaban J connectivity index is 1.98. The molecule has 1 aromatic carbocycles. The van der Waals surface area contributed by atoms with Crippen molar-refractivity contribution in [2.24, 2.45) is 0 Å². The van der Waals surface area contributed by atoms with E-state index in [0.29, 0.717) is 11.2 Å². The van der Waals surface area contributed by atoms with Gasteiger partial charge < -0.3 is 11.1 Å². The van der Waals surface area contributed by atoms with Gasteiger partial charge in [0.2, 0.25) is 5.91 Å². The van der Waals surface area contributed by atoms with Gasteiger partial charge in [-0.15, -0.1) is 0 Å². The number of imide groups is 1. The molecule has 0 bridgehead atoms. The lowest BCUT2D eigenvalue weighted by atomic mass is 10.1. The molecule has 0 saturated carbocycles. The number of carbonyl (C=O) groups excluding carboxylic acids is 2. The zero-order valence-corrected chi connectivity index (χ0v) is 11.0. The molecule has 0 aliphatic carbocycles. The van der Waals surface area contributed by atoms with Crippen molar-refractivity contribution in [3.05, 3.63) is 30.5 Å². The van der Waals surface area contributed by atoms with Crippen molar-refractivity contribution >= 4 is 34.1 Å². The second-order valence-electron chi connectivity index (χ2n) is 4.79. The molecule has 2 heterocycles. The van der Waals surface area contributed by atoms with E-state index in [1.807, 2.05) is 6.07 Å². The van der Waals surface area contributed by atoms with Gasteiger partial charge in [-0.1, -0.05) is 0 Å². The largest absolute Gasteiger partial charge is 0.397 e. The predicted octanol–water partition coefficient (Wildman–Crippen LogP) is 0.986. The van der Waals surface area contributed by atoms with E-state index >= 15 is 0 Å². The van der Waals surface area contributed by atoms with E-state index in [9.17, 15) is 9.59 Å². The number of carbonyl (C=O) groups is 2. The summed E-state index contributed by atoms with van der Waals surface area (Å²) in [5, 5.41) is 3.95. The summed E-state index contributed by atoms with van der Waals surface area (Å²) in [5.41, 5.74) is 7.90. The highest BCUT2D eigenvalue weighted by Gasteiger charge is 2.36. The number of nitrogens with zero attached hydrogens (tertiary/aromatic N) is 2. The van der Waals surface area contributed by atoms with Crippen molar-refractivity contribution in [2.75, 3.05) is 18.1 Å². The highest BCUT2D eigenvalue weighted by Crippen LogP contribution is 2.28. The molecular weight excluding hydrogens is 256 g/mol. The zero-order chi connectivity index (χ0) is 14.3. The topological polar surface area (TPSA) is 88.3 Å². The number of likely N-dealkylation sites (tertiary alicyclic amines) is 1. The van der Waals surface area contributed by atoms with Gasteiger partial charge in [0.05, 0.1) is 17.6 Å². The molecule has 3 N–H and O–H groups in total. The van der Waals surface area contributed by atoms with Crippen LogP contribution in [0.4, 0.5) is 11.4 Å². The Morgan fingerprint density at radius 3 is 2.85 bits per heavy atom. The summed E-state index contributed by atoms with van der Waals surface area (Å²) in [6.07, 6.45) is 1.84. The van der Waals surface area contributed by atoms with Crippen LogP contribution in [0.1, 0.15) is 6.42 Å². The maximum atomic E-state index is 11.9. The molecule has 1 atom stereocenters. The zero-order valence-electron chi connectivity index (χ0n) is 11.0. The van der Waals surface area contributed by atoms with Crippen LogP contribution in [0.3, 0.4) is 0 Å². The number of amides is 2. The Morgan fingerprint density at radius 1 is 1.35 bits per heavy atom. The monoisotopic (exact) mass is 270 g/mol. The molecule has 2 amide bonds. The van der Waals surface area contributed by atoms with Gasteiger partial charge in [-0.05, 0) is 24.3 Å². The van der Waals surface area contributed by atoms with E-state index in [1.165, 1.54) is 7.05 Å².